The fraction of sp³-hybridized carbons (Fsp3) is 0.476. The van der Waals surface area contributed by atoms with Crippen LogP contribution >= 0.6 is 0 Å². The van der Waals surface area contributed by atoms with Crippen molar-refractivity contribution >= 4 is 26.8 Å². The maximum atomic E-state index is 13.5. The molecule has 0 aliphatic carbocycles. The highest BCUT2D eigenvalue weighted by Crippen LogP contribution is 2.31. The molecule has 3 aromatic rings. The minimum Gasteiger partial charge on any atom is -0.466 e. The van der Waals surface area contributed by atoms with Crippen molar-refractivity contribution < 1.29 is 17.6 Å². The Balaban J connectivity index is 1.86. The van der Waals surface area contributed by atoms with Gasteiger partial charge in [-0.05, 0) is 46.2 Å². The Morgan fingerprint density at radius 3 is 2.60 bits per heavy atom. The molecule has 1 saturated heterocycles. The maximum Gasteiger partial charge on any atom is 0.254 e. The predicted molar refractivity (Wildman–Crippen MR) is 114 cm³/mol. The Morgan fingerprint density at radius 2 is 2.03 bits per heavy atom. The van der Waals surface area contributed by atoms with Crippen LogP contribution in [0.4, 0.5) is 0 Å². The smallest absolute Gasteiger partial charge is 0.254 e. The van der Waals surface area contributed by atoms with Crippen LogP contribution in [0.25, 0.3) is 22.3 Å². The van der Waals surface area contributed by atoms with E-state index in [0.717, 1.165) is 17.1 Å². The zero-order valence-corrected chi connectivity index (χ0v) is 18.7. The minimum absolute atomic E-state index is 0.00160. The number of aromatic nitrogens is 3. The molecule has 1 aliphatic heterocycles. The number of hydrogen-bond acceptors (Lipinski definition) is 6. The quantitative estimate of drug-likeness (QED) is 0.631. The van der Waals surface area contributed by atoms with Crippen LogP contribution in [0.1, 0.15) is 48.2 Å². The van der Waals surface area contributed by atoms with Crippen molar-refractivity contribution in [1.82, 2.24) is 19.7 Å². The zero-order chi connectivity index (χ0) is 21.8. The second-order valence-corrected chi connectivity index (χ2v) is 10.5. The van der Waals surface area contributed by atoms with Crippen molar-refractivity contribution in [3.05, 3.63) is 35.4 Å². The summed E-state index contributed by atoms with van der Waals surface area (Å²) in [6.45, 7) is 7.74. The minimum atomic E-state index is -3.09. The lowest BCUT2D eigenvalue weighted by Gasteiger charge is -2.24. The average molecular weight is 431 g/mol. The molecule has 0 saturated carbocycles. The van der Waals surface area contributed by atoms with Crippen LogP contribution in [0, 0.1) is 13.8 Å². The van der Waals surface area contributed by atoms with Crippen molar-refractivity contribution in [2.45, 2.75) is 46.2 Å². The number of hydrogen-bond donors (Lipinski definition) is 0. The van der Waals surface area contributed by atoms with E-state index in [2.05, 4.69) is 5.10 Å². The normalized spacial score (nSPS) is 18.4. The topological polar surface area (TPSA) is 98.3 Å². The van der Waals surface area contributed by atoms with E-state index >= 15 is 0 Å². The zero-order valence-electron chi connectivity index (χ0n) is 17.8. The monoisotopic (exact) mass is 430 g/mol. The Bertz CT molecular complexity index is 1240. The van der Waals surface area contributed by atoms with Crippen molar-refractivity contribution in [1.29, 1.82) is 0 Å². The van der Waals surface area contributed by atoms with Gasteiger partial charge in [-0.2, -0.15) is 5.10 Å². The van der Waals surface area contributed by atoms with Gasteiger partial charge in [-0.3, -0.25) is 4.79 Å². The second-order valence-electron chi connectivity index (χ2n) is 8.28. The Hall–Kier alpha value is -2.68. The summed E-state index contributed by atoms with van der Waals surface area (Å²) in [5, 5.41) is 5.10. The van der Waals surface area contributed by atoms with E-state index in [9.17, 15) is 13.2 Å². The number of nitrogens with zero attached hydrogens (tertiary/aromatic N) is 4. The van der Waals surface area contributed by atoms with Gasteiger partial charge in [0.25, 0.3) is 5.91 Å². The molecule has 4 heterocycles. The molecule has 1 amide bonds. The fourth-order valence-corrected chi connectivity index (χ4v) is 5.81. The molecule has 1 fully saturated rings. The molecule has 3 aromatic heterocycles. The summed E-state index contributed by atoms with van der Waals surface area (Å²) < 4.78 is 31.3. The van der Waals surface area contributed by atoms with E-state index < -0.39 is 9.84 Å². The number of carbonyl (C=O) groups excluding carboxylic acids is 1. The number of fused-ring (bicyclic) bond motifs is 1. The van der Waals surface area contributed by atoms with Crippen molar-refractivity contribution in [2.75, 3.05) is 18.6 Å². The molecule has 8 nitrogen and oxygen atoms in total. The number of sulfone groups is 1. The number of furan rings is 1. The third kappa shape index (κ3) is 3.51. The van der Waals surface area contributed by atoms with Crippen molar-refractivity contribution in [2.24, 2.45) is 0 Å². The molecule has 0 spiro atoms. The Morgan fingerprint density at radius 1 is 1.30 bits per heavy atom. The van der Waals surface area contributed by atoms with Gasteiger partial charge in [0.2, 0.25) is 0 Å². The van der Waals surface area contributed by atoms with Crippen LogP contribution in [-0.2, 0) is 9.84 Å². The lowest BCUT2D eigenvalue weighted by atomic mass is 10.1. The van der Waals surface area contributed by atoms with E-state index in [0.29, 0.717) is 28.7 Å². The third-order valence-corrected chi connectivity index (χ3v) is 7.43. The fourth-order valence-electron chi connectivity index (χ4n) is 4.03. The molecule has 0 unspecified atom stereocenters. The summed E-state index contributed by atoms with van der Waals surface area (Å²) >= 11 is 0. The van der Waals surface area contributed by atoms with Crippen molar-refractivity contribution in [3.8, 4) is 11.3 Å². The summed E-state index contributed by atoms with van der Waals surface area (Å²) in [5.41, 5.74) is 2.55. The van der Waals surface area contributed by atoms with Gasteiger partial charge >= 0.3 is 0 Å². The van der Waals surface area contributed by atoms with E-state index in [1.54, 1.807) is 28.9 Å². The molecular weight excluding hydrogens is 404 g/mol. The first-order valence-electron chi connectivity index (χ1n) is 10.0. The van der Waals surface area contributed by atoms with Gasteiger partial charge in [-0.1, -0.05) is 0 Å². The summed E-state index contributed by atoms with van der Waals surface area (Å²) in [4.78, 5) is 19.8. The van der Waals surface area contributed by atoms with Crippen LogP contribution in [0.3, 0.4) is 0 Å². The molecule has 0 bridgehead atoms. The number of amides is 1. The Labute approximate surface area is 175 Å². The lowest BCUT2D eigenvalue weighted by molar-refractivity contribution is 0.0749. The molecule has 30 heavy (non-hydrogen) atoms. The number of pyridine rings is 1. The first-order chi connectivity index (χ1) is 14.1. The largest absolute Gasteiger partial charge is 0.466 e. The summed E-state index contributed by atoms with van der Waals surface area (Å²) in [7, 11) is -1.43. The van der Waals surface area contributed by atoms with E-state index in [4.69, 9.17) is 9.40 Å². The maximum absolute atomic E-state index is 13.5. The second kappa shape index (κ2) is 7.23. The molecule has 1 atom stereocenters. The van der Waals surface area contributed by atoms with Crippen LogP contribution in [0.5, 0.6) is 0 Å². The molecular formula is C21H26N4O4S. The first kappa shape index (κ1) is 20.6. The highest BCUT2D eigenvalue weighted by atomic mass is 32.2. The van der Waals surface area contributed by atoms with Crippen LogP contribution in [0.15, 0.2) is 22.7 Å². The standard InChI is InChI=1S/C21H26N4O4S/c1-12(2)25-20-18(10-22-25)17(9-19(23-20)16-8-13(3)29-14(16)4)21(26)24(5)15-6-7-30(27,28)11-15/h8-10,12,15H,6-7,11H2,1-5H3/t15-/m0/s1. The van der Waals surface area contributed by atoms with Gasteiger partial charge in [-0.25, -0.2) is 18.1 Å². The van der Waals surface area contributed by atoms with Crippen LogP contribution in [-0.4, -0.2) is 58.6 Å². The van der Waals surface area contributed by atoms with Gasteiger partial charge in [0.05, 0.1) is 34.3 Å². The molecule has 9 heteroatoms. The van der Waals surface area contributed by atoms with Gasteiger partial charge in [0.1, 0.15) is 11.5 Å². The van der Waals surface area contributed by atoms with E-state index in [1.807, 2.05) is 33.8 Å². The third-order valence-electron chi connectivity index (χ3n) is 5.68. The average Bonchev–Trinajstić information content (AvgIpc) is 3.35. The van der Waals surface area contributed by atoms with Gasteiger partial charge in [-0.15, -0.1) is 0 Å². The highest BCUT2D eigenvalue weighted by molar-refractivity contribution is 7.91. The van der Waals surface area contributed by atoms with Gasteiger partial charge < -0.3 is 9.32 Å². The molecule has 4 rings (SSSR count). The number of aryl methyl sites for hydroxylation is 2. The van der Waals surface area contributed by atoms with Crippen LogP contribution in [0.2, 0.25) is 0 Å². The first-order valence-corrected chi connectivity index (χ1v) is 11.8. The SMILES string of the molecule is Cc1cc(-c2cc(C(=O)N(C)[C@H]3CCS(=O)(=O)C3)c3cnn(C(C)C)c3n2)c(C)o1. The predicted octanol–water partition coefficient (Wildman–Crippen LogP) is 3.15. The summed E-state index contributed by atoms with van der Waals surface area (Å²) in [6.07, 6.45) is 2.11. The van der Waals surface area contributed by atoms with Gasteiger partial charge in [0.15, 0.2) is 15.5 Å². The number of carbonyl (C=O) groups is 1. The van der Waals surface area contributed by atoms with E-state index in [-0.39, 0.29) is 29.5 Å². The lowest BCUT2D eigenvalue weighted by Crippen LogP contribution is -2.38. The number of rotatable bonds is 4. The highest BCUT2D eigenvalue weighted by Gasteiger charge is 2.34. The molecule has 1 aliphatic rings. The summed E-state index contributed by atoms with van der Waals surface area (Å²) in [6, 6.07) is 3.40. The van der Waals surface area contributed by atoms with Gasteiger partial charge in [0, 0.05) is 24.7 Å². The van der Waals surface area contributed by atoms with Crippen molar-refractivity contribution in [3.63, 3.8) is 0 Å². The molecule has 0 N–H and O–H groups in total. The Kier molecular flexibility index (Phi) is 4.96. The van der Waals surface area contributed by atoms with Crippen LogP contribution < -0.4 is 0 Å². The van der Waals surface area contributed by atoms with E-state index in [1.165, 1.54) is 0 Å². The summed E-state index contributed by atoms with van der Waals surface area (Å²) in [5.74, 6) is 1.38. The molecule has 160 valence electrons. The molecule has 0 radical (unpaired) electrons. The molecule has 0 aromatic carbocycles.